The molecule has 144 valence electrons. The number of hydrogen-bond donors (Lipinski definition) is 1. The van der Waals surface area contributed by atoms with E-state index >= 15 is 0 Å². The maximum absolute atomic E-state index is 11.9. The van der Waals surface area contributed by atoms with Gasteiger partial charge in [0.2, 0.25) is 10.0 Å². The summed E-state index contributed by atoms with van der Waals surface area (Å²) in [5.74, 6) is -0.267. The van der Waals surface area contributed by atoms with E-state index < -0.39 is 16.0 Å². The van der Waals surface area contributed by atoms with E-state index in [1.54, 1.807) is 24.3 Å². The highest BCUT2D eigenvalue weighted by molar-refractivity contribution is 7.89. The van der Waals surface area contributed by atoms with Crippen molar-refractivity contribution in [1.29, 1.82) is 0 Å². The number of ether oxygens (including phenoxy) is 2. The molecule has 0 heterocycles. The molecule has 0 atom stereocenters. The molecule has 0 amide bonds. The molecule has 0 bridgehead atoms. The number of rotatable bonds is 9. The fourth-order valence-corrected chi connectivity index (χ4v) is 2.75. The summed E-state index contributed by atoms with van der Waals surface area (Å²) in [6.45, 7) is 0.0938. The Bertz CT molecular complexity index is 894. The summed E-state index contributed by atoms with van der Waals surface area (Å²) in [7, 11) is -3.75. The van der Waals surface area contributed by atoms with Gasteiger partial charge in [-0.1, -0.05) is 11.6 Å². The SMILES string of the molecule is NS(=O)(=O)c1ccc(OCCOC(=O)CCC(=O)c2ccc(Cl)cc2)cc1. The Kier molecular flexibility index (Phi) is 7.35. The van der Waals surface area contributed by atoms with Crippen molar-refractivity contribution in [3.8, 4) is 5.75 Å². The van der Waals surface area contributed by atoms with Crippen LogP contribution >= 0.6 is 11.6 Å². The molecule has 9 heteroatoms. The predicted molar refractivity (Wildman–Crippen MR) is 99.3 cm³/mol. The second kappa shape index (κ2) is 9.50. The average Bonchev–Trinajstić information content (AvgIpc) is 2.63. The van der Waals surface area contributed by atoms with Crippen molar-refractivity contribution in [2.45, 2.75) is 17.7 Å². The molecule has 27 heavy (non-hydrogen) atoms. The van der Waals surface area contributed by atoms with Crippen LogP contribution in [-0.2, 0) is 19.6 Å². The minimum atomic E-state index is -3.75. The van der Waals surface area contributed by atoms with Crippen molar-refractivity contribution < 1.29 is 27.5 Å². The summed E-state index contributed by atoms with van der Waals surface area (Å²) in [5.41, 5.74) is 0.485. The molecule has 0 radical (unpaired) electrons. The summed E-state index contributed by atoms with van der Waals surface area (Å²) < 4.78 is 32.6. The quantitative estimate of drug-likeness (QED) is 0.385. The van der Waals surface area contributed by atoms with E-state index in [0.29, 0.717) is 16.3 Å². The number of nitrogens with two attached hydrogens (primary N) is 1. The van der Waals surface area contributed by atoms with E-state index in [9.17, 15) is 18.0 Å². The van der Waals surface area contributed by atoms with Gasteiger partial charge in [-0.25, -0.2) is 13.6 Å². The Morgan fingerprint density at radius 3 is 2.15 bits per heavy atom. The number of carbonyl (C=O) groups excluding carboxylic acids is 2. The Balaban J connectivity index is 1.67. The van der Waals surface area contributed by atoms with E-state index in [1.807, 2.05) is 0 Å². The van der Waals surface area contributed by atoms with Crippen LogP contribution in [0.1, 0.15) is 23.2 Å². The minimum Gasteiger partial charge on any atom is -0.490 e. The van der Waals surface area contributed by atoms with Crippen molar-refractivity contribution in [3.63, 3.8) is 0 Å². The fraction of sp³-hybridized carbons (Fsp3) is 0.222. The molecule has 0 unspecified atom stereocenters. The van der Waals surface area contributed by atoms with Gasteiger partial charge in [0.1, 0.15) is 19.0 Å². The highest BCUT2D eigenvalue weighted by Crippen LogP contribution is 2.15. The summed E-state index contributed by atoms with van der Waals surface area (Å²) in [4.78, 5) is 23.6. The average molecular weight is 412 g/mol. The molecule has 0 aliphatic heterocycles. The molecule has 2 N–H and O–H groups in total. The second-order valence-corrected chi connectivity index (χ2v) is 7.51. The number of esters is 1. The third-order valence-electron chi connectivity index (χ3n) is 3.49. The lowest BCUT2D eigenvalue weighted by molar-refractivity contribution is -0.144. The second-order valence-electron chi connectivity index (χ2n) is 5.52. The fourth-order valence-electron chi connectivity index (χ4n) is 2.11. The maximum atomic E-state index is 11.9. The topological polar surface area (TPSA) is 113 Å². The lowest BCUT2D eigenvalue weighted by atomic mass is 10.1. The Labute approximate surface area is 162 Å². The number of Topliss-reactive ketones (excluding diaryl/α,β-unsaturated/α-hetero) is 1. The third-order valence-corrected chi connectivity index (χ3v) is 4.67. The number of sulfonamides is 1. The van der Waals surface area contributed by atoms with Gasteiger partial charge in [-0.3, -0.25) is 9.59 Å². The lowest BCUT2D eigenvalue weighted by Gasteiger charge is -2.08. The van der Waals surface area contributed by atoms with Crippen LogP contribution in [0.4, 0.5) is 0 Å². The molecule has 0 spiro atoms. The van der Waals surface area contributed by atoms with E-state index in [2.05, 4.69) is 0 Å². The van der Waals surface area contributed by atoms with Gasteiger partial charge in [-0.15, -0.1) is 0 Å². The van der Waals surface area contributed by atoms with Crippen molar-refractivity contribution in [2.24, 2.45) is 5.14 Å². The van der Waals surface area contributed by atoms with Gasteiger partial charge in [0, 0.05) is 17.0 Å². The van der Waals surface area contributed by atoms with Crippen molar-refractivity contribution in [2.75, 3.05) is 13.2 Å². The smallest absolute Gasteiger partial charge is 0.306 e. The number of benzene rings is 2. The first-order valence-electron chi connectivity index (χ1n) is 7.96. The minimum absolute atomic E-state index is 0.00487. The summed E-state index contributed by atoms with van der Waals surface area (Å²) in [6, 6.07) is 12.0. The first-order valence-corrected chi connectivity index (χ1v) is 9.88. The van der Waals surface area contributed by atoms with Crippen LogP contribution in [0.25, 0.3) is 0 Å². The lowest BCUT2D eigenvalue weighted by Crippen LogP contribution is -2.14. The van der Waals surface area contributed by atoms with Crippen molar-refractivity contribution >= 4 is 33.4 Å². The number of hydrogen-bond acceptors (Lipinski definition) is 6. The van der Waals surface area contributed by atoms with Gasteiger partial charge in [0.25, 0.3) is 0 Å². The van der Waals surface area contributed by atoms with Gasteiger partial charge in [0.15, 0.2) is 5.78 Å². The molecule has 2 aromatic rings. The van der Waals surface area contributed by atoms with Crippen LogP contribution in [0.2, 0.25) is 5.02 Å². The molecule has 0 saturated heterocycles. The van der Waals surface area contributed by atoms with E-state index in [4.69, 9.17) is 26.2 Å². The molecule has 0 saturated carbocycles. The molecule has 0 fully saturated rings. The first-order chi connectivity index (χ1) is 12.8. The molecule has 2 rings (SSSR count). The number of ketones is 1. The number of carbonyl (C=O) groups is 2. The van der Waals surface area contributed by atoms with Crippen LogP contribution in [0.5, 0.6) is 5.75 Å². The Morgan fingerprint density at radius 1 is 0.926 bits per heavy atom. The van der Waals surface area contributed by atoms with E-state index in [-0.39, 0.29) is 36.7 Å². The number of primary sulfonamides is 1. The summed E-state index contributed by atoms with van der Waals surface area (Å²) >= 11 is 5.76. The Hall–Kier alpha value is -2.42. The standard InChI is InChI=1S/C18H18ClNO6S/c19-14-3-1-13(2-4-14)17(21)9-10-18(22)26-12-11-25-15-5-7-16(8-6-15)27(20,23)24/h1-8H,9-12H2,(H2,20,23,24). The van der Waals surface area contributed by atoms with E-state index in [0.717, 1.165) is 0 Å². The molecule has 2 aromatic carbocycles. The highest BCUT2D eigenvalue weighted by Gasteiger charge is 2.11. The summed E-state index contributed by atoms with van der Waals surface area (Å²) in [5, 5.41) is 5.53. The third kappa shape index (κ3) is 7.01. The molecule has 0 aromatic heterocycles. The van der Waals surface area contributed by atoms with Crippen molar-refractivity contribution in [3.05, 3.63) is 59.1 Å². The zero-order chi connectivity index (χ0) is 19.9. The normalized spacial score (nSPS) is 11.0. The Morgan fingerprint density at radius 2 is 1.56 bits per heavy atom. The van der Waals surface area contributed by atoms with Crippen LogP contribution < -0.4 is 9.88 Å². The molecule has 0 aliphatic rings. The van der Waals surface area contributed by atoms with Gasteiger partial charge in [-0.2, -0.15) is 0 Å². The van der Waals surface area contributed by atoms with Crippen LogP contribution in [0.3, 0.4) is 0 Å². The van der Waals surface area contributed by atoms with Gasteiger partial charge in [-0.05, 0) is 48.5 Å². The van der Waals surface area contributed by atoms with Gasteiger partial charge in [0.05, 0.1) is 11.3 Å². The molecule has 0 aliphatic carbocycles. The summed E-state index contributed by atoms with van der Waals surface area (Å²) in [6.07, 6.45) is 0.000857. The zero-order valence-corrected chi connectivity index (χ0v) is 15.8. The van der Waals surface area contributed by atoms with Crippen LogP contribution in [0.15, 0.2) is 53.4 Å². The molecular weight excluding hydrogens is 394 g/mol. The maximum Gasteiger partial charge on any atom is 0.306 e. The molecular formula is C18H18ClNO6S. The van der Waals surface area contributed by atoms with Gasteiger partial charge < -0.3 is 9.47 Å². The predicted octanol–water partition coefficient (Wildman–Crippen LogP) is 2.57. The zero-order valence-electron chi connectivity index (χ0n) is 14.3. The first kappa shape index (κ1) is 20.9. The largest absolute Gasteiger partial charge is 0.490 e. The van der Waals surface area contributed by atoms with Crippen LogP contribution in [0, 0.1) is 0 Å². The van der Waals surface area contributed by atoms with Gasteiger partial charge >= 0.3 is 5.97 Å². The highest BCUT2D eigenvalue weighted by atomic mass is 35.5. The number of halogens is 1. The monoisotopic (exact) mass is 411 g/mol. The molecule has 7 nitrogen and oxygen atoms in total. The van der Waals surface area contributed by atoms with E-state index in [1.165, 1.54) is 24.3 Å². The van der Waals surface area contributed by atoms with Crippen molar-refractivity contribution in [1.82, 2.24) is 0 Å². The van der Waals surface area contributed by atoms with Crippen LogP contribution in [-0.4, -0.2) is 33.4 Å².